The number of aliphatic carboxylic acids is 1. The number of para-hydroxylation sites is 1. The molecule has 1 unspecified atom stereocenters. The Morgan fingerprint density at radius 3 is 2.70 bits per heavy atom. The van der Waals surface area contributed by atoms with Crippen LogP contribution >= 0.6 is 11.6 Å². The number of halogens is 1. The number of carbonyl (C=O) groups is 2. The average molecular weight is 340 g/mol. The van der Waals surface area contributed by atoms with Crippen LogP contribution in [0.25, 0.3) is 0 Å². The molecule has 2 rings (SSSR count). The van der Waals surface area contributed by atoms with Gasteiger partial charge in [-0.15, -0.1) is 0 Å². The van der Waals surface area contributed by atoms with Crippen molar-refractivity contribution in [2.75, 3.05) is 13.2 Å². The van der Waals surface area contributed by atoms with E-state index in [1.807, 2.05) is 13.0 Å². The zero-order chi connectivity index (χ0) is 17.0. The number of ether oxygens (including phenoxy) is 1. The topological polar surface area (TPSA) is 66.8 Å². The molecule has 1 aliphatic carbocycles. The molecular formula is C17H22ClNO4. The summed E-state index contributed by atoms with van der Waals surface area (Å²) in [6.45, 7) is 4.19. The molecule has 0 spiro atoms. The molecule has 0 saturated heterocycles. The molecule has 1 N–H and O–H groups in total. The Hall–Kier alpha value is -1.75. The summed E-state index contributed by atoms with van der Waals surface area (Å²) < 4.78 is 5.55. The number of rotatable bonds is 8. The van der Waals surface area contributed by atoms with Crippen molar-refractivity contribution in [2.45, 2.75) is 39.2 Å². The fourth-order valence-electron chi connectivity index (χ4n) is 2.48. The maximum atomic E-state index is 12.7. The van der Waals surface area contributed by atoms with E-state index in [9.17, 15) is 9.59 Å². The quantitative estimate of drug-likeness (QED) is 0.790. The van der Waals surface area contributed by atoms with Crippen LogP contribution in [0.4, 0.5) is 0 Å². The Kier molecular flexibility index (Phi) is 5.88. The summed E-state index contributed by atoms with van der Waals surface area (Å²) in [5, 5.41) is 9.56. The summed E-state index contributed by atoms with van der Waals surface area (Å²) in [5.41, 5.74) is 0.734. The van der Waals surface area contributed by atoms with Gasteiger partial charge < -0.3 is 14.7 Å². The van der Waals surface area contributed by atoms with E-state index in [0.717, 1.165) is 18.4 Å². The van der Waals surface area contributed by atoms with Crippen molar-refractivity contribution in [1.82, 2.24) is 4.90 Å². The molecule has 0 heterocycles. The lowest BCUT2D eigenvalue weighted by Gasteiger charge is -2.25. The van der Waals surface area contributed by atoms with E-state index in [1.54, 1.807) is 24.0 Å². The fraction of sp³-hybridized carbons (Fsp3) is 0.529. The van der Waals surface area contributed by atoms with Gasteiger partial charge >= 0.3 is 5.97 Å². The van der Waals surface area contributed by atoms with Gasteiger partial charge in [-0.25, -0.2) is 0 Å². The lowest BCUT2D eigenvalue weighted by molar-refractivity contribution is -0.143. The first-order valence-electron chi connectivity index (χ1n) is 7.86. The van der Waals surface area contributed by atoms with Crippen molar-refractivity contribution >= 4 is 23.5 Å². The zero-order valence-corrected chi connectivity index (χ0v) is 14.2. The van der Waals surface area contributed by atoms with Gasteiger partial charge in [0.1, 0.15) is 5.75 Å². The van der Waals surface area contributed by atoms with Crippen LogP contribution in [-0.2, 0) is 16.0 Å². The molecule has 0 radical (unpaired) electrons. The maximum absolute atomic E-state index is 12.7. The zero-order valence-electron chi connectivity index (χ0n) is 13.4. The summed E-state index contributed by atoms with van der Waals surface area (Å²) >= 11 is 6.14. The third-order valence-corrected chi connectivity index (χ3v) is 4.18. The molecule has 0 bridgehead atoms. The molecule has 1 amide bonds. The van der Waals surface area contributed by atoms with Crippen LogP contribution < -0.4 is 4.74 Å². The van der Waals surface area contributed by atoms with Crippen molar-refractivity contribution < 1.29 is 19.4 Å². The SMILES string of the molecule is CCOc1c(Cl)cccc1CC(=O)N(CC(C)C(=O)O)C1CC1. The Bertz CT molecular complexity index is 586. The van der Waals surface area contributed by atoms with Crippen LogP contribution in [0.2, 0.25) is 5.02 Å². The van der Waals surface area contributed by atoms with Crippen LogP contribution in [0.1, 0.15) is 32.3 Å². The molecule has 126 valence electrons. The normalized spacial score (nSPS) is 15.1. The minimum absolute atomic E-state index is 0.0798. The van der Waals surface area contributed by atoms with Gasteiger partial charge in [-0.2, -0.15) is 0 Å². The Morgan fingerprint density at radius 1 is 1.43 bits per heavy atom. The fourth-order valence-corrected chi connectivity index (χ4v) is 2.73. The van der Waals surface area contributed by atoms with Crippen molar-refractivity contribution in [3.63, 3.8) is 0 Å². The summed E-state index contributed by atoms with van der Waals surface area (Å²) in [6.07, 6.45) is 2.04. The van der Waals surface area contributed by atoms with E-state index in [-0.39, 0.29) is 24.9 Å². The lowest BCUT2D eigenvalue weighted by atomic mass is 10.1. The van der Waals surface area contributed by atoms with E-state index in [1.165, 1.54) is 0 Å². The van der Waals surface area contributed by atoms with Crippen LogP contribution in [0, 0.1) is 5.92 Å². The number of hydrogen-bond donors (Lipinski definition) is 1. The molecule has 1 atom stereocenters. The molecule has 1 fully saturated rings. The monoisotopic (exact) mass is 339 g/mol. The maximum Gasteiger partial charge on any atom is 0.308 e. The van der Waals surface area contributed by atoms with E-state index in [2.05, 4.69) is 0 Å². The smallest absolute Gasteiger partial charge is 0.308 e. The lowest BCUT2D eigenvalue weighted by Crippen LogP contribution is -2.39. The van der Waals surface area contributed by atoms with Gasteiger partial charge in [-0.1, -0.05) is 30.7 Å². The highest BCUT2D eigenvalue weighted by Gasteiger charge is 2.34. The van der Waals surface area contributed by atoms with E-state index in [4.69, 9.17) is 21.4 Å². The van der Waals surface area contributed by atoms with E-state index < -0.39 is 11.9 Å². The predicted octanol–water partition coefficient (Wildman–Crippen LogP) is 2.99. The number of hydrogen-bond acceptors (Lipinski definition) is 3. The molecule has 1 aromatic carbocycles. The molecule has 23 heavy (non-hydrogen) atoms. The van der Waals surface area contributed by atoms with Crippen LogP contribution in [-0.4, -0.2) is 41.1 Å². The largest absolute Gasteiger partial charge is 0.492 e. The molecule has 1 aliphatic rings. The van der Waals surface area contributed by atoms with Gasteiger partial charge in [0.15, 0.2) is 0 Å². The second-order valence-electron chi connectivity index (χ2n) is 5.85. The Labute approximate surface area is 141 Å². The van der Waals surface area contributed by atoms with Crippen LogP contribution in [0.15, 0.2) is 18.2 Å². The Balaban J connectivity index is 2.13. The van der Waals surface area contributed by atoms with Crippen molar-refractivity contribution in [2.24, 2.45) is 5.92 Å². The average Bonchev–Trinajstić information content (AvgIpc) is 3.32. The summed E-state index contributed by atoms with van der Waals surface area (Å²) in [5.74, 6) is -1.01. The highest BCUT2D eigenvalue weighted by molar-refractivity contribution is 6.32. The Morgan fingerprint density at radius 2 is 2.13 bits per heavy atom. The van der Waals surface area contributed by atoms with Gasteiger partial charge in [-0.3, -0.25) is 9.59 Å². The molecule has 6 heteroatoms. The van der Waals surface area contributed by atoms with Crippen molar-refractivity contribution in [3.8, 4) is 5.75 Å². The highest BCUT2D eigenvalue weighted by Crippen LogP contribution is 2.32. The van der Waals surface area contributed by atoms with Gasteiger partial charge in [0.2, 0.25) is 5.91 Å². The summed E-state index contributed by atoms with van der Waals surface area (Å²) in [4.78, 5) is 25.4. The van der Waals surface area contributed by atoms with Crippen LogP contribution in [0.3, 0.4) is 0 Å². The molecular weight excluding hydrogens is 318 g/mol. The third kappa shape index (κ3) is 4.61. The van der Waals surface area contributed by atoms with Gasteiger partial charge in [0.25, 0.3) is 0 Å². The van der Waals surface area contributed by atoms with Crippen LogP contribution in [0.5, 0.6) is 5.75 Å². The summed E-state index contributed by atoms with van der Waals surface area (Å²) in [6, 6.07) is 5.50. The van der Waals surface area contributed by atoms with Gasteiger partial charge in [0, 0.05) is 18.2 Å². The van der Waals surface area contributed by atoms with Gasteiger partial charge in [-0.05, 0) is 25.8 Å². The molecule has 5 nitrogen and oxygen atoms in total. The van der Waals surface area contributed by atoms with E-state index in [0.29, 0.717) is 17.4 Å². The van der Waals surface area contributed by atoms with Crippen molar-refractivity contribution in [1.29, 1.82) is 0 Å². The standard InChI is InChI=1S/C17H22ClNO4/c1-3-23-16-12(5-4-6-14(16)18)9-15(20)19(13-7-8-13)10-11(2)17(21)22/h4-6,11,13H,3,7-10H2,1-2H3,(H,21,22). The number of carbonyl (C=O) groups excluding carboxylic acids is 1. The first-order chi connectivity index (χ1) is 10.9. The van der Waals surface area contributed by atoms with Crippen molar-refractivity contribution in [3.05, 3.63) is 28.8 Å². The second-order valence-corrected chi connectivity index (χ2v) is 6.26. The first kappa shape index (κ1) is 17.6. The number of carboxylic acids is 1. The number of nitrogens with zero attached hydrogens (tertiary/aromatic N) is 1. The highest BCUT2D eigenvalue weighted by atomic mass is 35.5. The van der Waals surface area contributed by atoms with Gasteiger partial charge in [0.05, 0.1) is 24.0 Å². The first-order valence-corrected chi connectivity index (χ1v) is 8.24. The molecule has 0 aliphatic heterocycles. The number of carboxylic acid groups (broad SMARTS) is 1. The predicted molar refractivity (Wildman–Crippen MR) is 87.9 cm³/mol. The summed E-state index contributed by atoms with van der Waals surface area (Å²) in [7, 11) is 0. The van der Waals surface area contributed by atoms with E-state index >= 15 is 0 Å². The third-order valence-electron chi connectivity index (χ3n) is 3.88. The minimum atomic E-state index is -0.888. The molecule has 1 saturated carbocycles. The molecule has 0 aromatic heterocycles. The molecule has 1 aromatic rings. The second kappa shape index (κ2) is 7.68. The minimum Gasteiger partial charge on any atom is -0.492 e. The number of amides is 1. The number of benzene rings is 1.